The summed E-state index contributed by atoms with van der Waals surface area (Å²) in [5.74, 6) is 0.610. The first kappa shape index (κ1) is 13.4. The molecule has 0 amide bonds. The van der Waals surface area contributed by atoms with Crippen molar-refractivity contribution in [3.63, 3.8) is 0 Å². The third kappa shape index (κ3) is 3.45. The molecule has 2 N–H and O–H groups in total. The Labute approximate surface area is 117 Å². The van der Waals surface area contributed by atoms with E-state index in [2.05, 4.69) is 15.0 Å². The largest absolute Gasteiger partial charge is 0.388 e. The lowest BCUT2D eigenvalue weighted by molar-refractivity contribution is 0.773. The topological polar surface area (TPSA) is 67.9 Å². The van der Waals surface area contributed by atoms with E-state index in [0.717, 1.165) is 12.2 Å². The van der Waals surface area contributed by atoms with Crippen LogP contribution in [0, 0.1) is 0 Å². The van der Waals surface area contributed by atoms with Crippen molar-refractivity contribution in [2.24, 2.45) is 5.73 Å². The Balaban J connectivity index is 2.22. The number of rotatable bonds is 5. The van der Waals surface area contributed by atoms with Crippen molar-refractivity contribution in [3.8, 4) is 0 Å². The van der Waals surface area contributed by atoms with Gasteiger partial charge in [-0.25, -0.2) is 9.97 Å². The molecule has 2 heterocycles. The van der Waals surface area contributed by atoms with Crippen LogP contribution in [0.15, 0.2) is 36.7 Å². The van der Waals surface area contributed by atoms with Crippen LogP contribution in [0.1, 0.15) is 18.3 Å². The van der Waals surface area contributed by atoms with E-state index in [4.69, 9.17) is 18.0 Å². The number of thiocarbonyl (C=S) groups is 1. The van der Waals surface area contributed by atoms with Crippen LogP contribution >= 0.6 is 12.2 Å². The molecule has 0 aromatic carbocycles. The second kappa shape index (κ2) is 6.19. The molecule has 98 valence electrons. The first-order valence-corrected chi connectivity index (χ1v) is 6.39. The van der Waals surface area contributed by atoms with E-state index in [1.54, 1.807) is 18.5 Å². The fourth-order valence-corrected chi connectivity index (χ4v) is 1.76. The zero-order valence-electron chi connectivity index (χ0n) is 10.7. The number of hydrogen-bond donors (Lipinski definition) is 1. The quantitative estimate of drug-likeness (QED) is 0.833. The fourth-order valence-electron chi connectivity index (χ4n) is 1.65. The van der Waals surface area contributed by atoms with Gasteiger partial charge < -0.3 is 10.6 Å². The van der Waals surface area contributed by atoms with Gasteiger partial charge in [-0.1, -0.05) is 18.3 Å². The highest BCUT2D eigenvalue weighted by atomic mass is 32.1. The van der Waals surface area contributed by atoms with E-state index < -0.39 is 0 Å². The van der Waals surface area contributed by atoms with Crippen molar-refractivity contribution in [2.75, 3.05) is 11.4 Å². The summed E-state index contributed by atoms with van der Waals surface area (Å²) in [5.41, 5.74) is 7.14. The lowest BCUT2D eigenvalue weighted by Gasteiger charge is -2.20. The van der Waals surface area contributed by atoms with Gasteiger partial charge in [0.25, 0.3) is 0 Å². The van der Waals surface area contributed by atoms with Gasteiger partial charge in [0.2, 0.25) is 5.95 Å². The van der Waals surface area contributed by atoms with Gasteiger partial charge in [-0.15, -0.1) is 0 Å². The molecular weight excluding hydrogens is 258 g/mol. The summed E-state index contributed by atoms with van der Waals surface area (Å²) < 4.78 is 0. The highest BCUT2D eigenvalue weighted by molar-refractivity contribution is 7.80. The minimum Gasteiger partial charge on any atom is -0.388 e. The molecule has 0 unspecified atom stereocenters. The highest BCUT2D eigenvalue weighted by Gasteiger charge is 2.10. The summed E-state index contributed by atoms with van der Waals surface area (Å²) in [6.45, 7) is 3.47. The van der Waals surface area contributed by atoms with Crippen molar-refractivity contribution in [1.29, 1.82) is 0 Å². The van der Waals surface area contributed by atoms with Crippen LogP contribution in [0.2, 0.25) is 0 Å². The summed E-state index contributed by atoms with van der Waals surface area (Å²) in [6.07, 6.45) is 3.44. The van der Waals surface area contributed by atoms with E-state index in [0.29, 0.717) is 18.2 Å². The maximum atomic E-state index is 5.59. The zero-order valence-corrected chi connectivity index (χ0v) is 11.5. The number of nitrogens with zero attached hydrogens (tertiary/aromatic N) is 4. The SMILES string of the molecule is CCN(Cc1ccccn1)c1nccc(C(N)=S)n1. The predicted molar refractivity (Wildman–Crippen MR) is 78.9 cm³/mol. The average molecular weight is 273 g/mol. The summed E-state index contributed by atoms with van der Waals surface area (Å²) >= 11 is 4.93. The number of aromatic nitrogens is 3. The number of nitrogens with two attached hydrogens (primary N) is 1. The van der Waals surface area contributed by atoms with Crippen molar-refractivity contribution >= 4 is 23.2 Å². The lowest BCUT2D eigenvalue weighted by Crippen LogP contribution is -2.26. The molecule has 2 aromatic rings. The summed E-state index contributed by atoms with van der Waals surface area (Å²) in [6, 6.07) is 7.53. The van der Waals surface area contributed by atoms with Gasteiger partial charge in [-0.2, -0.15) is 0 Å². The van der Waals surface area contributed by atoms with Crippen LogP contribution in [0.4, 0.5) is 5.95 Å². The Morgan fingerprint density at radius 2 is 2.11 bits per heavy atom. The molecule has 0 atom stereocenters. The first-order valence-electron chi connectivity index (χ1n) is 5.98. The molecule has 0 aliphatic rings. The molecule has 0 aliphatic heterocycles. The van der Waals surface area contributed by atoms with Crippen molar-refractivity contribution in [2.45, 2.75) is 13.5 Å². The second-order valence-corrected chi connectivity index (χ2v) is 4.38. The second-order valence-electron chi connectivity index (χ2n) is 3.94. The van der Waals surface area contributed by atoms with Crippen molar-refractivity contribution in [1.82, 2.24) is 15.0 Å². The molecule has 2 rings (SSSR count). The molecule has 0 radical (unpaired) electrons. The Morgan fingerprint density at radius 3 is 2.74 bits per heavy atom. The Bertz CT molecular complexity index is 558. The molecule has 5 nitrogen and oxygen atoms in total. The number of pyridine rings is 1. The monoisotopic (exact) mass is 273 g/mol. The van der Waals surface area contributed by atoms with Gasteiger partial charge >= 0.3 is 0 Å². The first-order chi connectivity index (χ1) is 9.20. The standard InChI is InChI=1S/C13H15N5S/c1-2-18(9-10-5-3-4-7-15-10)13-16-8-6-11(17-13)12(14)19/h3-8H,2,9H2,1H3,(H2,14,19). The van der Waals surface area contributed by atoms with E-state index >= 15 is 0 Å². The molecule has 19 heavy (non-hydrogen) atoms. The Morgan fingerprint density at radius 1 is 1.26 bits per heavy atom. The minimum atomic E-state index is 0.275. The van der Waals surface area contributed by atoms with Gasteiger partial charge in [-0.05, 0) is 25.1 Å². The predicted octanol–water partition coefficient (Wildman–Crippen LogP) is 1.53. The van der Waals surface area contributed by atoms with Crippen LogP contribution in [-0.2, 0) is 6.54 Å². The fraction of sp³-hybridized carbons (Fsp3) is 0.231. The van der Waals surface area contributed by atoms with Gasteiger partial charge in [0, 0.05) is 18.9 Å². The van der Waals surface area contributed by atoms with Crippen LogP contribution in [0.5, 0.6) is 0 Å². The normalized spacial score (nSPS) is 10.2. The summed E-state index contributed by atoms with van der Waals surface area (Å²) in [5, 5.41) is 0. The van der Waals surface area contributed by atoms with Crippen molar-refractivity contribution < 1.29 is 0 Å². The average Bonchev–Trinajstić information content (AvgIpc) is 2.46. The van der Waals surface area contributed by atoms with Crippen LogP contribution in [-0.4, -0.2) is 26.5 Å². The Hall–Kier alpha value is -2.08. The molecule has 2 aromatic heterocycles. The van der Waals surface area contributed by atoms with Gasteiger partial charge in [0.15, 0.2) is 0 Å². The zero-order chi connectivity index (χ0) is 13.7. The number of anilines is 1. The molecule has 0 fully saturated rings. The third-order valence-corrected chi connectivity index (χ3v) is 2.85. The summed E-state index contributed by atoms with van der Waals surface area (Å²) in [4.78, 5) is 15.2. The summed E-state index contributed by atoms with van der Waals surface area (Å²) in [7, 11) is 0. The van der Waals surface area contributed by atoms with E-state index in [9.17, 15) is 0 Å². The van der Waals surface area contributed by atoms with Crippen molar-refractivity contribution in [3.05, 3.63) is 48.0 Å². The smallest absolute Gasteiger partial charge is 0.226 e. The van der Waals surface area contributed by atoms with Gasteiger partial charge in [0.1, 0.15) is 10.7 Å². The molecule has 0 bridgehead atoms. The molecule has 6 heteroatoms. The highest BCUT2D eigenvalue weighted by Crippen LogP contribution is 2.11. The maximum Gasteiger partial charge on any atom is 0.226 e. The lowest BCUT2D eigenvalue weighted by atomic mass is 10.3. The Kier molecular flexibility index (Phi) is 4.35. The minimum absolute atomic E-state index is 0.275. The van der Waals surface area contributed by atoms with Crippen LogP contribution in [0.25, 0.3) is 0 Å². The number of hydrogen-bond acceptors (Lipinski definition) is 5. The third-order valence-electron chi connectivity index (χ3n) is 2.64. The van der Waals surface area contributed by atoms with Crippen LogP contribution < -0.4 is 10.6 Å². The van der Waals surface area contributed by atoms with E-state index in [1.807, 2.05) is 30.0 Å². The molecule has 0 aliphatic carbocycles. The molecular formula is C13H15N5S. The van der Waals surface area contributed by atoms with E-state index in [1.165, 1.54) is 0 Å². The van der Waals surface area contributed by atoms with Crippen LogP contribution in [0.3, 0.4) is 0 Å². The van der Waals surface area contributed by atoms with E-state index in [-0.39, 0.29) is 4.99 Å². The molecule has 0 spiro atoms. The molecule has 0 saturated heterocycles. The van der Waals surface area contributed by atoms with Gasteiger partial charge in [-0.3, -0.25) is 4.98 Å². The molecule has 0 saturated carbocycles. The maximum absolute atomic E-state index is 5.59. The van der Waals surface area contributed by atoms with Gasteiger partial charge in [0.05, 0.1) is 12.2 Å².